The van der Waals surface area contributed by atoms with Gasteiger partial charge in [-0.2, -0.15) is 0 Å². The van der Waals surface area contributed by atoms with Gasteiger partial charge in [-0.25, -0.2) is 0 Å². The maximum Gasteiger partial charge on any atom is 0.253 e. The molecule has 0 fully saturated rings. The average Bonchev–Trinajstić information content (AvgIpc) is 1.87. The van der Waals surface area contributed by atoms with Crippen molar-refractivity contribution in [2.45, 2.75) is 13.8 Å². The third-order valence-corrected chi connectivity index (χ3v) is 0.809. The van der Waals surface area contributed by atoms with Crippen LogP contribution in [-0.4, -0.2) is 23.6 Å². The zero-order valence-corrected chi connectivity index (χ0v) is 12.5. The summed E-state index contributed by atoms with van der Waals surface area (Å²) in [6.07, 6.45) is 0. The maximum atomic E-state index is 4.91. The molecule has 74 valence electrons. The Kier molecular flexibility index (Phi) is 20.9. The Balaban J connectivity index is -0.000000143. The molecule has 0 aromatic heterocycles. The summed E-state index contributed by atoms with van der Waals surface area (Å²) in [6, 6.07) is 0. The number of hydrogen-bond donors (Lipinski definition) is 2. The van der Waals surface area contributed by atoms with Crippen LogP contribution in [0.3, 0.4) is 0 Å². The Morgan fingerprint density at radius 1 is 1.00 bits per heavy atom. The first kappa shape index (κ1) is 18.7. The molecule has 0 unspecified atom stereocenters. The van der Waals surface area contributed by atoms with Crippen LogP contribution in [0.4, 0.5) is 0 Å². The van der Waals surface area contributed by atoms with Gasteiger partial charge in [0, 0.05) is 19.5 Å². The summed E-state index contributed by atoms with van der Waals surface area (Å²) < 4.78 is 9.10. The van der Waals surface area contributed by atoms with Crippen molar-refractivity contribution in [3.8, 4) is 0 Å². The van der Waals surface area contributed by atoms with E-state index in [-0.39, 0.29) is 29.8 Å². The second-order valence-corrected chi connectivity index (χ2v) is 2.31. The van der Waals surface area contributed by atoms with Crippen molar-refractivity contribution in [3.63, 3.8) is 0 Å². The minimum absolute atomic E-state index is 0. The van der Waals surface area contributed by atoms with E-state index in [0.717, 1.165) is 0 Å². The van der Waals surface area contributed by atoms with E-state index >= 15 is 0 Å². The zero-order chi connectivity index (χ0) is 9.98. The van der Waals surface area contributed by atoms with Gasteiger partial charge in [-0.1, -0.05) is 0 Å². The van der Waals surface area contributed by atoms with Gasteiger partial charge in [-0.15, -0.1) is 0 Å². The molecule has 0 rings (SSSR count). The van der Waals surface area contributed by atoms with Crippen molar-refractivity contribution < 1.29 is 29.0 Å². The molecule has 4 N–H and O–H groups in total. The number of ether oxygens (including phenoxy) is 2. The minimum Gasteiger partial charge on any atom is -0.472 e. The van der Waals surface area contributed by atoms with Crippen molar-refractivity contribution >= 4 is 34.8 Å². The fourth-order valence-corrected chi connectivity index (χ4v) is 0.520. The summed E-state index contributed by atoms with van der Waals surface area (Å²) in [4.78, 5) is 0. The molecule has 0 aliphatic rings. The van der Waals surface area contributed by atoms with Crippen LogP contribution in [0, 0.1) is 0 Å². The molecule has 13 heavy (non-hydrogen) atoms. The largest absolute Gasteiger partial charge is 0.472 e. The Morgan fingerprint density at radius 3 is 1.23 bits per heavy atom. The van der Waals surface area contributed by atoms with E-state index < -0.39 is 0 Å². The second-order valence-electron chi connectivity index (χ2n) is 1.50. The predicted octanol–water partition coefficient (Wildman–Crippen LogP) is 0.531. The van der Waals surface area contributed by atoms with Crippen molar-refractivity contribution in [2.75, 3.05) is 13.2 Å². The Hall–Kier alpha value is 0.00338. The molecule has 0 heterocycles. The van der Waals surface area contributed by atoms with Crippen LogP contribution in [-0.2, 0) is 29.0 Å². The van der Waals surface area contributed by atoms with Crippen molar-refractivity contribution in [3.05, 3.63) is 0 Å². The summed E-state index contributed by atoms with van der Waals surface area (Å²) in [7, 11) is 0. The molecule has 0 spiro atoms. The van der Waals surface area contributed by atoms with Crippen molar-refractivity contribution in [1.29, 1.82) is 0 Å². The van der Waals surface area contributed by atoms with Crippen LogP contribution in [0.5, 0.6) is 0 Å². The molecule has 0 saturated carbocycles. The quantitative estimate of drug-likeness (QED) is 0.566. The molecular weight excluding hydrogens is 262 g/mol. The van der Waals surface area contributed by atoms with Gasteiger partial charge in [0.2, 0.25) is 0 Å². The molecule has 0 aliphatic heterocycles. The van der Waals surface area contributed by atoms with Crippen LogP contribution in [0.1, 0.15) is 13.8 Å². The molecule has 0 amide bonds. The van der Waals surface area contributed by atoms with E-state index in [9.17, 15) is 0 Å². The van der Waals surface area contributed by atoms with Crippen molar-refractivity contribution in [2.24, 2.45) is 11.5 Å². The molecular formula is C6H14N2O2S2Zn. The fourth-order valence-electron chi connectivity index (χ4n) is 0.285. The van der Waals surface area contributed by atoms with Gasteiger partial charge < -0.3 is 20.9 Å². The molecule has 7 heteroatoms. The van der Waals surface area contributed by atoms with Gasteiger partial charge in [0.25, 0.3) is 10.3 Å². The van der Waals surface area contributed by atoms with Crippen LogP contribution >= 0.6 is 24.4 Å². The van der Waals surface area contributed by atoms with Crippen LogP contribution in [0.25, 0.3) is 0 Å². The molecule has 0 bridgehead atoms. The topological polar surface area (TPSA) is 70.5 Å². The minimum atomic E-state index is 0. The summed E-state index contributed by atoms with van der Waals surface area (Å²) in [5.74, 6) is 0. The van der Waals surface area contributed by atoms with Gasteiger partial charge in [-0.05, 0) is 38.3 Å². The smallest absolute Gasteiger partial charge is 0.253 e. The maximum absolute atomic E-state index is 4.91. The predicted molar refractivity (Wildman–Crippen MR) is 56.8 cm³/mol. The first-order valence-corrected chi connectivity index (χ1v) is 4.20. The fraction of sp³-hybridized carbons (Fsp3) is 0.667. The van der Waals surface area contributed by atoms with E-state index in [4.69, 9.17) is 11.5 Å². The summed E-state index contributed by atoms with van der Waals surface area (Å²) >= 11 is 8.70. The third kappa shape index (κ3) is 33.3. The molecule has 0 aromatic rings. The normalized spacial score (nSPS) is 6.92. The number of nitrogens with two attached hydrogens (primary N) is 2. The summed E-state index contributed by atoms with van der Waals surface area (Å²) in [5, 5.41) is 0.245. The molecule has 0 aliphatic carbocycles. The Morgan fingerprint density at radius 2 is 1.23 bits per heavy atom. The standard InChI is InChI=1S/2C3H7NOS.Zn/c2*1-2-5-3(4)6;/h2*2H2,1H3,(H2,4,6);. The van der Waals surface area contributed by atoms with Crippen molar-refractivity contribution in [1.82, 2.24) is 0 Å². The Bertz CT molecular complexity index is 131. The Labute approximate surface area is 102 Å². The van der Waals surface area contributed by atoms with E-state index in [0.29, 0.717) is 13.2 Å². The van der Waals surface area contributed by atoms with E-state index in [1.807, 2.05) is 13.8 Å². The molecule has 0 radical (unpaired) electrons. The van der Waals surface area contributed by atoms with Crippen LogP contribution in [0.2, 0.25) is 0 Å². The average molecular weight is 276 g/mol. The molecule has 0 saturated heterocycles. The first-order chi connectivity index (χ1) is 5.54. The number of rotatable bonds is 2. The summed E-state index contributed by atoms with van der Waals surface area (Å²) in [6.45, 7) is 4.79. The third-order valence-electron chi connectivity index (χ3n) is 0.573. The van der Waals surface area contributed by atoms with E-state index in [1.54, 1.807) is 0 Å². The van der Waals surface area contributed by atoms with Gasteiger partial charge >= 0.3 is 0 Å². The van der Waals surface area contributed by atoms with E-state index in [1.165, 1.54) is 0 Å². The summed E-state index contributed by atoms with van der Waals surface area (Å²) in [5.41, 5.74) is 9.82. The SMILES string of the molecule is CCOC(N)=S.CCOC(N)=S.[Zn]. The van der Waals surface area contributed by atoms with Crippen LogP contribution in [0.15, 0.2) is 0 Å². The van der Waals surface area contributed by atoms with Gasteiger partial charge in [0.05, 0.1) is 13.2 Å². The monoisotopic (exact) mass is 274 g/mol. The second kappa shape index (κ2) is 14.5. The molecule has 0 aromatic carbocycles. The number of thiocarbonyl (C=S) groups is 2. The van der Waals surface area contributed by atoms with E-state index in [2.05, 4.69) is 33.9 Å². The number of hydrogen-bond acceptors (Lipinski definition) is 4. The van der Waals surface area contributed by atoms with Gasteiger partial charge in [-0.3, -0.25) is 0 Å². The van der Waals surface area contributed by atoms with Gasteiger partial charge in [0.15, 0.2) is 0 Å². The zero-order valence-electron chi connectivity index (χ0n) is 7.91. The molecule has 4 nitrogen and oxygen atoms in total. The first-order valence-electron chi connectivity index (χ1n) is 3.39. The van der Waals surface area contributed by atoms with Crippen LogP contribution < -0.4 is 11.5 Å². The van der Waals surface area contributed by atoms with Gasteiger partial charge in [0.1, 0.15) is 0 Å². The molecule has 0 atom stereocenters.